The second-order valence-corrected chi connectivity index (χ2v) is 6.81. The van der Waals surface area contributed by atoms with Crippen molar-refractivity contribution >= 4 is 34.2 Å². The van der Waals surface area contributed by atoms with E-state index in [0.29, 0.717) is 16.5 Å². The first-order valence-electron chi connectivity index (χ1n) is 8.83. The fourth-order valence-corrected chi connectivity index (χ4v) is 3.08. The molecule has 0 radical (unpaired) electrons. The van der Waals surface area contributed by atoms with Crippen molar-refractivity contribution in [2.24, 2.45) is 0 Å². The lowest BCUT2D eigenvalue weighted by Crippen LogP contribution is -2.20. The second-order valence-electron chi connectivity index (χ2n) is 6.40. The van der Waals surface area contributed by atoms with Crippen molar-refractivity contribution in [3.63, 3.8) is 0 Å². The van der Waals surface area contributed by atoms with Gasteiger partial charge in [0.2, 0.25) is 0 Å². The smallest absolute Gasteiger partial charge is 0.262 e. The molecule has 0 fully saturated rings. The fraction of sp³-hybridized carbons (Fsp3) is 0.0909. The number of aromatic amines is 1. The molecule has 0 aliphatic heterocycles. The van der Waals surface area contributed by atoms with Crippen molar-refractivity contribution in [1.82, 2.24) is 9.97 Å². The number of nitrogens with zero attached hydrogens (tertiary/aromatic N) is 1. The molecule has 0 unspecified atom stereocenters. The minimum Gasteiger partial charge on any atom is -0.482 e. The third-order valence-electron chi connectivity index (χ3n) is 4.37. The maximum atomic E-state index is 12.3. The van der Waals surface area contributed by atoms with Crippen LogP contribution in [0.2, 0.25) is 5.02 Å². The lowest BCUT2D eigenvalue weighted by Gasteiger charge is -2.11. The van der Waals surface area contributed by atoms with Gasteiger partial charge in [0.1, 0.15) is 11.6 Å². The van der Waals surface area contributed by atoms with Crippen LogP contribution >= 0.6 is 11.6 Å². The maximum absolute atomic E-state index is 12.3. The van der Waals surface area contributed by atoms with Crippen LogP contribution in [0.1, 0.15) is 5.56 Å². The third kappa shape index (κ3) is 3.85. The fourth-order valence-electron chi connectivity index (χ4n) is 2.88. The zero-order valence-electron chi connectivity index (χ0n) is 15.2. The lowest BCUT2D eigenvalue weighted by molar-refractivity contribution is -0.118. The zero-order valence-corrected chi connectivity index (χ0v) is 16.0. The Labute approximate surface area is 167 Å². The van der Waals surface area contributed by atoms with Crippen LogP contribution in [0.5, 0.6) is 5.75 Å². The summed E-state index contributed by atoms with van der Waals surface area (Å²) in [4.78, 5) is 20.2. The van der Waals surface area contributed by atoms with Gasteiger partial charge in [-0.2, -0.15) is 0 Å². The van der Waals surface area contributed by atoms with Gasteiger partial charge in [0.05, 0.1) is 16.1 Å². The number of hydrogen-bond acceptors (Lipinski definition) is 3. The Morgan fingerprint density at radius 3 is 2.71 bits per heavy atom. The Hall–Kier alpha value is -3.31. The van der Waals surface area contributed by atoms with Crippen LogP contribution in [0.15, 0.2) is 66.7 Å². The number of aryl methyl sites for hydroxylation is 1. The van der Waals surface area contributed by atoms with Gasteiger partial charge in [-0.3, -0.25) is 4.79 Å². The molecule has 0 aliphatic carbocycles. The van der Waals surface area contributed by atoms with Crippen LogP contribution in [0, 0.1) is 6.92 Å². The van der Waals surface area contributed by atoms with Gasteiger partial charge in [0.25, 0.3) is 5.91 Å². The number of nitrogens with one attached hydrogen (secondary N) is 2. The molecule has 0 saturated carbocycles. The summed E-state index contributed by atoms with van der Waals surface area (Å²) < 4.78 is 5.50. The highest BCUT2D eigenvalue weighted by Gasteiger charge is 2.11. The van der Waals surface area contributed by atoms with E-state index in [1.54, 1.807) is 18.2 Å². The van der Waals surface area contributed by atoms with Crippen LogP contribution in [0.25, 0.3) is 22.4 Å². The van der Waals surface area contributed by atoms with E-state index in [0.717, 1.165) is 28.0 Å². The predicted molar refractivity (Wildman–Crippen MR) is 112 cm³/mol. The molecule has 5 nitrogen and oxygen atoms in total. The average molecular weight is 392 g/mol. The van der Waals surface area contributed by atoms with Gasteiger partial charge in [-0.05, 0) is 42.8 Å². The lowest BCUT2D eigenvalue weighted by atomic mass is 10.1. The number of imidazole rings is 1. The van der Waals surface area contributed by atoms with Gasteiger partial charge in [-0.15, -0.1) is 0 Å². The van der Waals surface area contributed by atoms with E-state index < -0.39 is 0 Å². The van der Waals surface area contributed by atoms with Gasteiger partial charge in [-0.25, -0.2) is 4.98 Å². The number of hydrogen-bond donors (Lipinski definition) is 2. The molecule has 2 N–H and O–H groups in total. The predicted octanol–water partition coefficient (Wildman–Crippen LogP) is 5.21. The van der Waals surface area contributed by atoms with E-state index in [2.05, 4.69) is 15.3 Å². The van der Waals surface area contributed by atoms with E-state index in [4.69, 9.17) is 16.3 Å². The number of aromatic nitrogens is 2. The van der Waals surface area contributed by atoms with Gasteiger partial charge in [0.15, 0.2) is 6.61 Å². The Morgan fingerprint density at radius 1 is 1.11 bits per heavy atom. The molecule has 1 aromatic heterocycles. The molecule has 4 aromatic rings. The number of H-pyrrole nitrogens is 1. The van der Waals surface area contributed by atoms with Crippen molar-refractivity contribution in [3.05, 3.63) is 77.3 Å². The molecule has 28 heavy (non-hydrogen) atoms. The number of carbonyl (C=O) groups is 1. The van der Waals surface area contributed by atoms with Gasteiger partial charge in [0, 0.05) is 11.3 Å². The Balaban J connectivity index is 1.50. The topological polar surface area (TPSA) is 67.0 Å². The summed E-state index contributed by atoms with van der Waals surface area (Å²) in [6.45, 7) is 1.81. The Kier molecular flexibility index (Phi) is 5.00. The van der Waals surface area contributed by atoms with E-state index >= 15 is 0 Å². The number of ether oxygens (including phenoxy) is 1. The molecule has 1 heterocycles. The molecule has 140 valence electrons. The van der Waals surface area contributed by atoms with E-state index in [9.17, 15) is 4.79 Å². The second kappa shape index (κ2) is 7.74. The highest BCUT2D eigenvalue weighted by atomic mass is 35.5. The van der Waals surface area contributed by atoms with E-state index in [-0.39, 0.29) is 12.5 Å². The summed E-state index contributed by atoms with van der Waals surface area (Å²) in [5.74, 6) is 0.973. The van der Waals surface area contributed by atoms with Gasteiger partial charge >= 0.3 is 0 Å². The quantitative estimate of drug-likeness (QED) is 0.490. The molecule has 0 bridgehead atoms. The molecule has 4 rings (SSSR count). The van der Waals surface area contributed by atoms with Crippen LogP contribution in [0.3, 0.4) is 0 Å². The highest BCUT2D eigenvalue weighted by molar-refractivity contribution is 6.32. The summed E-state index contributed by atoms with van der Waals surface area (Å²) in [5, 5.41) is 3.37. The number of anilines is 1. The van der Waals surface area contributed by atoms with Gasteiger partial charge < -0.3 is 15.0 Å². The first kappa shape index (κ1) is 18.1. The van der Waals surface area contributed by atoms with E-state index in [1.165, 1.54) is 0 Å². The monoisotopic (exact) mass is 391 g/mol. The molecule has 0 aliphatic rings. The Morgan fingerprint density at radius 2 is 1.89 bits per heavy atom. The first-order valence-corrected chi connectivity index (χ1v) is 9.21. The molecule has 0 spiro atoms. The number of halogens is 1. The van der Waals surface area contributed by atoms with Crippen molar-refractivity contribution in [2.75, 3.05) is 11.9 Å². The SMILES string of the molecule is Cc1ccc(-c2nc3ccccc3[nH]2)cc1NC(=O)COc1ccccc1Cl. The Bertz CT molecular complexity index is 1120. The summed E-state index contributed by atoms with van der Waals surface area (Å²) >= 11 is 6.05. The molecule has 3 aromatic carbocycles. The van der Waals surface area contributed by atoms with Crippen molar-refractivity contribution in [2.45, 2.75) is 6.92 Å². The van der Waals surface area contributed by atoms with Crippen molar-refractivity contribution in [1.29, 1.82) is 0 Å². The van der Waals surface area contributed by atoms with Crippen molar-refractivity contribution in [3.8, 4) is 17.1 Å². The van der Waals surface area contributed by atoms with Crippen LogP contribution < -0.4 is 10.1 Å². The number of rotatable bonds is 5. The number of amides is 1. The summed E-state index contributed by atoms with van der Waals surface area (Å²) in [5.41, 5.74) is 4.43. The van der Waals surface area contributed by atoms with Gasteiger partial charge in [-0.1, -0.05) is 48.0 Å². The minimum absolute atomic E-state index is 0.127. The highest BCUT2D eigenvalue weighted by Crippen LogP contribution is 2.26. The molecular formula is C22H18ClN3O2. The zero-order chi connectivity index (χ0) is 19.5. The summed E-state index contributed by atoms with van der Waals surface area (Å²) in [6, 6.07) is 20.7. The maximum Gasteiger partial charge on any atom is 0.262 e. The molecular weight excluding hydrogens is 374 g/mol. The number of para-hydroxylation sites is 3. The summed E-state index contributed by atoms with van der Waals surface area (Å²) in [7, 11) is 0. The third-order valence-corrected chi connectivity index (χ3v) is 4.68. The van der Waals surface area contributed by atoms with Crippen molar-refractivity contribution < 1.29 is 9.53 Å². The molecule has 0 atom stereocenters. The van der Waals surface area contributed by atoms with Crippen LogP contribution in [-0.2, 0) is 4.79 Å². The molecule has 1 amide bonds. The van der Waals surface area contributed by atoms with E-state index in [1.807, 2.05) is 55.5 Å². The normalized spacial score (nSPS) is 10.8. The molecule has 0 saturated heterocycles. The summed E-state index contributed by atoms with van der Waals surface area (Å²) in [6.07, 6.45) is 0. The van der Waals surface area contributed by atoms with Crippen LogP contribution in [-0.4, -0.2) is 22.5 Å². The largest absolute Gasteiger partial charge is 0.482 e. The first-order chi connectivity index (χ1) is 13.6. The number of carbonyl (C=O) groups excluding carboxylic acids is 1. The standard InChI is InChI=1S/C22H18ClN3O2/c1-14-10-11-15(22-25-17-7-3-4-8-18(17)26-22)12-19(14)24-21(27)13-28-20-9-5-2-6-16(20)23/h2-12H,13H2,1H3,(H,24,27)(H,25,26). The number of fused-ring (bicyclic) bond motifs is 1. The van der Waals surface area contributed by atoms with Crippen LogP contribution in [0.4, 0.5) is 5.69 Å². The number of benzene rings is 3. The minimum atomic E-state index is -0.259. The average Bonchev–Trinajstić information content (AvgIpc) is 3.13. The molecule has 6 heteroatoms.